The summed E-state index contributed by atoms with van der Waals surface area (Å²) in [4.78, 5) is 11.7. The lowest BCUT2D eigenvalue weighted by atomic mass is 10.3. The molecule has 2 heterocycles. The number of aromatic amines is 1. The highest BCUT2D eigenvalue weighted by atomic mass is 35.5. The van der Waals surface area contributed by atoms with Gasteiger partial charge in [0.1, 0.15) is 5.69 Å². The summed E-state index contributed by atoms with van der Waals surface area (Å²) in [6, 6.07) is 0. The van der Waals surface area contributed by atoms with Crippen molar-refractivity contribution in [3.05, 3.63) is 33.8 Å². The Hall–Kier alpha value is -1.53. The van der Waals surface area contributed by atoms with Crippen LogP contribution >= 0.6 is 23.2 Å². The first kappa shape index (κ1) is 11.9. The fraction of sp³-hybridized carbons (Fsp3) is 0.222. The van der Waals surface area contributed by atoms with E-state index in [0.717, 1.165) is 5.69 Å². The number of aryl methyl sites for hydroxylation is 1. The molecule has 2 N–H and O–H groups in total. The molecule has 1 amide bonds. The van der Waals surface area contributed by atoms with E-state index >= 15 is 0 Å². The van der Waals surface area contributed by atoms with E-state index < -0.39 is 0 Å². The maximum absolute atomic E-state index is 11.7. The zero-order chi connectivity index (χ0) is 12.4. The first-order valence-electron chi connectivity index (χ1n) is 4.73. The molecular weight excluding hydrogens is 265 g/mol. The molecular formula is C9H9Cl2N5O. The van der Waals surface area contributed by atoms with Crippen LogP contribution in [0.25, 0.3) is 0 Å². The monoisotopic (exact) mass is 273 g/mol. The smallest absolute Gasteiger partial charge is 0.271 e. The summed E-state index contributed by atoms with van der Waals surface area (Å²) < 4.78 is 1.59. The average molecular weight is 274 g/mol. The summed E-state index contributed by atoms with van der Waals surface area (Å²) in [5.74, 6) is -0.343. The second-order valence-corrected chi connectivity index (χ2v) is 4.15. The Balaban J connectivity index is 2.05. The van der Waals surface area contributed by atoms with E-state index in [9.17, 15) is 4.79 Å². The fourth-order valence-corrected chi connectivity index (χ4v) is 1.73. The number of carbonyl (C=O) groups is 1. The summed E-state index contributed by atoms with van der Waals surface area (Å²) in [6.07, 6.45) is 2.89. The van der Waals surface area contributed by atoms with Crippen LogP contribution in [0.4, 0.5) is 0 Å². The van der Waals surface area contributed by atoms with Crippen LogP contribution in [0.2, 0.25) is 10.0 Å². The number of rotatable bonds is 3. The van der Waals surface area contributed by atoms with E-state index in [1.165, 1.54) is 12.4 Å². The van der Waals surface area contributed by atoms with Gasteiger partial charge < -0.3 is 5.32 Å². The Kier molecular flexibility index (Phi) is 3.35. The minimum Gasteiger partial charge on any atom is -0.345 e. The Morgan fingerprint density at radius 3 is 2.76 bits per heavy atom. The molecule has 0 bridgehead atoms. The van der Waals surface area contributed by atoms with Crippen LogP contribution in [0.15, 0.2) is 12.4 Å². The van der Waals surface area contributed by atoms with Gasteiger partial charge in [-0.25, -0.2) is 0 Å². The molecule has 8 heteroatoms. The third-order valence-electron chi connectivity index (χ3n) is 2.25. The van der Waals surface area contributed by atoms with Gasteiger partial charge in [0.2, 0.25) is 0 Å². The Morgan fingerprint density at radius 1 is 1.47 bits per heavy atom. The molecule has 0 spiro atoms. The third-order valence-corrected chi connectivity index (χ3v) is 2.85. The number of halogens is 2. The van der Waals surface area contributed by atoms with Gasteiger partial charge in [0.25, 0.3) is 5.91 Å². The van der Waals surface area contributed by atoms with Gasteiger partial charge in [-0.15, -0.1) is 0 Å². The van der Waals surface area contributed by atoms with Crippen LogP contribution in [-0.4, -0.2) is 25.9 Å². The maximum atomic E-state index is 11.7. The van der Waals surface area contributed by atoms with Crippen molar-refractivity contribution in [2.75, 3.05) is 0 Å². The Labute approximate surface area is 107 Å². The number of nitrogens with one attached hydrogen (secondary N) is 2. The molecule has 6 nitrogen and oxygen atoms in total. The minimum atomic E-state index is -0.343. The number of H-pyrrole nitrogens is 1. The number of nitrogens with zero attached hydrogens (tertiary/aromatic N) is 3. The lowest BCUT2D eigenvalue weighted by molar-refractivity contribution is 0.0945. The van der Waals surface area contributed by atoms with Gasteiger partial charge in [0.15, 0.2) is 0 Å². The quantitative estimate of drug-likeness (QED) is 0.887. The zero-order valence-corrected chi connectivity index (χ0v) is 10.4. The van der Waals surface area contributed by atoms with Crippen LogP contribution in [0.1, 0.15) is 16.2 Å². The van der Waals surface area contributed by atoms with E-state index in [2.05, 4.69) is 20.6 Å². The van der Waals surface area contributed by atoms with Crippen LogP contribution in [0, 0.1) is 0 Å². The fourth-order valence-electron chi connectivity index (χ4n) is 1.32. The van der Waals surface area contributed by atoms with Crippen molar-refractivity contribution in [3.8, 4) is 0 Å². The average Bonchev–Trinajstić information content (AvgIpc) is 2.84. The molecule has 0 unspecified atom stereocenters. The first-order valence-corrected chi connectivity index (χ1v) is 5.48. The number of hydrogen-bond donors (Lipinski definition) is 2. The second kappa shape index (κ2) is 4.77. The summed E-state index contributed by atoms with van der Waals surface area (Å²) >= 11 is 11.7. The Morgan fingerprint density at radius 2 is 2.24 bits per heavy atom. The molecule has 0 saturated carbocycles. The number of carbonyl (C=O) groups excluding carboxylic acids is 1. The van der Waals surface area contributed by atoms with Gasteiger partial charge in [0, 0.05) is 7.05 Å². The molecule has 2 aromatic rings. The number of amides is 1. The third kappa shape index (κ3) is 2.42. The van der Waals surface area contributed by atoms with Crippen molar-refractivity contribution in [2.45, 2.75) is 6.54 Å². The van der Waals surface area contributed by atoms with Gasteiger partial charge in [0.05, 0.1) is 34.7 Å². The molecule has 0 aromatic carbocycles. The molecule has 90 valence electrons. The van der Waals surface area contributed by atoms with Gasteiger partial charge in [-0.1, -0.05) is 23.2 Å². The van der Waals surface area contributed by atoms with Crippen LogP contribution in [0.5, 0.6) is 0 Å². The molecule has 0 saturated heterocycles. The van der Waals surface area contributed by atoms with Crippen molar-refractivity contribution in [3.63, 3.8) is 0 Å². The highest BCUT2D eigenvalue weighted by molar-refractivity contribution is 6.33. The number of hydrogen-bond acceptors (Lipinski definition) is 3. The predicted molar refractivity (Wildman–Crippen MR) is 63.0 cm³/mol. The highest BCUT2D eigenvalue weighted by Gasteiger charge is 2.13. The zero-order valence-electron chi connectivity index (χ0n) is 8.87. The van der Waals surface area contributed by atoms with E-state index in [0.29, 0.717) is 5.02 Å². The van der Waals surface area contributed by atoms with Crippen molar-refractivity contribution >= 4 is 29.1 Å². The van der Waals surface area contributed by atoms with E-state index in [-0.39, 0.29) is 23.2 Å². The molecule has 17 heavy (non-hydrogen) atoms. The maximum Gasteiger partial charge on any atom is 0.271 e. The minimum absolute atomic E-state index is 0.227. The molecule has 0 aliphatic heterocycles. The second-order valence-electron chi connectivity index (χ2n) is 3.34. The van der Waals surface area contributed by atoms with Crippen molar-refractivity contribution in [2.24, 2.45) is 7.05 Å². The lowest BCUT2D eigenvalue weighted by Gasteiger charge is -2.05. The van der Waals surface area contributed by atoms with Crippen LogP contribution < -0.4 is 5.32 Å². The van der Waals surface area contributed by atoms with Crippen molar-refractivity contribution in [1.29, 1.82) is 0 Å². The largest absolute Gasteiger partial charge is 0.345 e. The topological polar surface area (TPSA) is 75.6 Å². The Bertz CT molecular complexity index is 528. The standard InChI is InChI=1S/C9H9Cl2N5O/c1-16-7(5(10)3-14-16)4-12-9(17)8-6(11)2-13-15-8/h2-3H,4H2,1H3,(H,12,17)(H,13,15). The molecule has 0 aliphatic carbocycles. The van der Waals surface area contributed by atoms with Gasteiger partial charge >= 0.3 is 0 Å². The number of aromatic nitrogens is 4. The SMILES string of the molecule is Cn1ncc(Cl)c1CNC(=O)c1[nH]ncc1Cl. The van der Waals surface area contributed by atoms with Gasteiger partial charge in [-0.05, 0) is 0 Å². The van der Waals surface area contributed by atoms with Crippen LogP contribution in [-0.2, 0) is 13.6 Å². The summed E-state index contributed by atoms with van der Waals surface area (Å²) in [7, 11) is 1.75. The summed E-state index contributed by atoms with van der Waals surface area (Å²) in [5.41, 5.74) is 0.945. The molecule has 2 aromatic heterocycles. The van der Waals surface area contributed by atoms with Crippen molar-refractivity contribution in [1.82, 2.24) is 25.3 Å². The summed E-state index contributed by atoms with van der Waals surface area (Å²) in [6.45, 7) is 0.267. The van der Waals surface area contributed by atoms with Crippen molar-refractivity contribution < 1.29 is 4.79 Å². The first-order chi connectivity index (χ1) is 8.09. The normalized spacial score (nSPS) is 10.5. The molecule has 0 radical (unpaired) electrons. The highest BCUT2D eigenvalue weighted by Crippen LogP contribution is 2.14. The van der Waals surface area contributed by atoms with Gasteiger partial charge in [-0.3, -0.25) is 14.6 Å². The molecule has 2 rings (SSSR count). The lowest BCUT2D eigenvalue weighted by Crippen LogP contribution is -2.24. The molecule has 0 atom stereocenters. The van der Waals surface area contributed by atoms with E-state index in [1.54, 1.807) is 11.7 Å². The van der Waals surface area contributed by atoms with Crippen LogP contribution in [0.3, 0.4) is 0 Å². The molecule has 0 fully saturated rings. The van der Waals surface area contributed by atoms with E-state index in [1.807, 2.05) is 0 Å². The van der Waals surface area contributed by atoms with E-state index in [4.69, 9.17) is 23.2 Å². The van der Waals surface area contributed by atoms with Gasteiger partial charge in [-0.2, -0.15) is 10.2 Å². The predicted octanol–water partition coefficient (Wildman–Crippen LogP) is 1.38. The molecule has 0 aliphatic rings. The summed E-state index contributed by atoms with van der Waals surface area (Å²) in [5, 5.41) is 13.6.